The van der Waals surface area contributed by atoms with Gasteiger partial charge >= 0.3 is 0 Å². The Bertz CT molecular complexity index is 702. The van der Waals surface area contributed by atoms with E-state index in [4.69, 9.17) is 10.5 Å². The lowest BCUT2D eigenvalue weighted by molar-refractivity contribution is 0.401. The Morgan fingerprint density at radius 3 is 2.89 bits per heavy atom. The van der Waals surface area contributed by atoms with Crippen molar-refractivity contribution < 1.29 is 4.74 Å². The zero-order valence-corrected chi connectivity index (χ0v) is 10.4. The second kappa shape index (κ2) is 4.56. The number of hydrogen-bond acceptors (Lipinski definition) is 6. The Morgan fingerprint density at radius 1 is 1.26 bits per heavy atom. The number of nitrogen functional groups attached to an aromatic ring is 1. The second-order valence-electron chi connectivity index (χ2n) is 4.03. The van der Waals surface area contributed by atoms with Gasteiger partial charge < -0.3 is 15.0 Å². The highest BCUT2D eigenvalue weighted by Crippen LogP contribution is 2.18. The highest BCUT2D eigenvalue weighted by molar-refractivity contribution is 5.75. The number of fused-ring (bicyclic) bond motifs is 1. The topological polar surface area (TPSA) is 96.7 Å². The summed E-state index contributed by atoms with van der Waals surface area (Å²) in [6.45, 7) is 1.38. The van der Waals surface area contributed by atoms with Crippen LogP contribution >= 0.6 is 0 Å². The van der Waals surface area contributed by atoms with Crippen LogP contribution in [0.3, 0.4) is 0 Å². The molecule has 0 fully saturated rings. The molecule has 0 amide bonds. The third kappa shape index (κ3) is 2.07. The maximum atomic E-state index is 5.62. The summed E-state index contributed by atoms with van der Waals surface area (Å²) in [5.41, 5.74) is 7.67. The van der Waals surface area contributed by atoms with Crippen molar-refractivity contribution in [2.75, 3.05) is 12.8 Å². The fraction of sp³-hybridized carbons (Fsp3) is 0.273. The molecule has 0 bridgehead atoms. The quantitative estimate of drug-likeness (QED) is 0.724. The molecule has 0 atom stereocenters. The molecule has 3 aromatic heterocycles. The van der Waals surface area contributed by atoms with E-state index in [1.165, 1.54) is 6.33 Å². The summed E-state index contributed by atoms with van der Waals surface area (Å²) >= 11 is 0. The van der Waals surface area contributed by atoms with E-state index in [0.717, 1.165) is 5.65 Å². The Balaban J connectivity index is 1.85. The van der Waals surface area contributed by atoms with Crippen LogP contribution in [0.1, 0.15) is 0 Å². The molecule has 0 unspecified atom stereocenters. The molecule has 8 nitrogen and oxygen atoms in total. The van der Waals surface area contributed by atoms with Crippen LogP contribution < -0.4 is 10.5 Å². The van der Waals surface area contributed by atoms with Crippen molar-refractivity contribution in [1.82, 2.24) is 29.3 Å². The fourth-order valence-electron chi connectivity index (χ4n) is 1.88. The number of aryl methyl sites for hydroxylation is 2. The number of rotatable bonds is 4. The van der Waals surface area contributed by atoms with E-state index in [2.05, 4.69) is 20.1 Å². The van der Waals surface area contributed by atoms with Gasteiger partial charge in [0, 0.05) is 12.7 Å². The van der Waals surface area contributed by atoms with Crippen LogP contribution in [0.2, 0.25) is 0 Å². The molecule has 0 saturated heterocycles. The van der Waals surface area contributed by atoms with Gasteiger partial charge in [-0.05, 0) is 0 Å². The van der Waals surface area contributed by atoms with Crippen molar-refractivity contribution in [3.63, 3.8) is 0 Å². The highest BCUT2D eigenvalue weighted by atomic mass is 16.5. The van der Waals surface area contributed by atoms with Gasteiger partial charge in [0.1, 0.15) is 6.33 Å². The number of nitrogens with zero attached hydrogens (tertiary/aromatic N) is 6. The number of nitrogens with two attached hydrogens (primary N) is 1. The summed E-state index contributed by atoms with van der Waals surface area (Å²) in [5.74, 6) is 0.479. The maximum Gasteiger partial charge on any atom is 0.245 e. The summed E-state index contributed by atoms with van der Waals surface area (Å²) in [4.78, 5) is 12.5. The summed E-state index contributed by atoms with van der Waals surface area (Å²) in [7, 11) is 1.56. The first kappa shape index (κ1) is 11.5. The molecule has 98 valence electrons. The number of aromatic nitrogens is 6. The fourth-order valence-corrected chi connectivity index (χ4v) is 1.88. The van der Waals surface area contributed by atoms with E-state index in [-0.39, 0.29) is 0 Å². The molecule has 3 rings (SSSR count). The molecule has 0 aliphatic heterocycles. The van der Waals surface area contributed by atoms with Crippen LogP contribution in [0.4, 0.5) is 5.69 Å². The van der Waals surface area contributed by atoms with Crippen molar-refractivity contribution in [2.45, 2.75) is 13.1 Å². The van der Waals surface area contributed by atoms with Crippen molar-refractivity contribution >= 4 is 16.9 Å². The second-order valence-corrected chi connectivity index (χ2v) is 4.03. The SMILES string of the molecule is COc1ncnc2c1ncn2CCn1cc(N)cn1. The minimum Gasteiger partial charge on any atom is -0.479 e. The third-order valence-corrected chi connectivity index (χ3v) is 2.78. The van der Waals surface area contributed by atoms with Crippen LogP contribution in [0.5, 0.6) is 5.88 Å². The van der Waals surface area contributed by atoms with Gasteiger partial charge in [0.2, 0.25) is 5.88 Å². The van der Waals surface area contributed by atoms with Gasteiger partial charge in [-0.15, -0.1) is 0 Å². The standard InChI is InChI=1S/C11H13N7O/c1-19-11-9-10(13-6-14-11)17(7-15-9)2-3-18-5-8(12)4-16-18/h4-7H,2-3,12H2,1H3. The van der Waals surface area contributed by atoms with E-state index < -0.39 is 0 Å². The first-order valence-electron chi connectivity index (χ1n) is 5.75. The average Bonchev–Trinajstić information content (AvgIpc) is 3.02. The maximum absolute atomic E-state index is 5.62. The lowest BCUT2D eigenvalue weighted by Gasteiger charge is -2.04. The van der Waals surface area contributed by atoms with Crippen LogP contribution in [0.25, 0.3) is 11.2 Å². The van der Waals surface area contributed by atoms with Gasteiger partial charge in [-0.25, -0.2) is 9.97 Å². The van der Waals surface area contributed by atoms with Gasteiger partial charge in [0.25, 0.3) is 0 Å². The number of ether oxygens (including phenoxy) is 1. The van der Waals surface area contributed by atoms with Crippen molar-refractivity contribution in [1.29, 1.82) is 0 Å². The highest BCUT2D eigenvalue weighted by Gasteiger charge is 2.10. The number of methoxy groups -OCH3 is 1. The van der Waals surface area contributed by atoms with Gasteiger partial charge in [-0.2, -0.15) is 10.1 Å². The van der Waals surface area contributed by atoms with Crippen molar-refractivity contribution in [3.8, 4) is 5.88 Å². The van der Waals surface area contributed by atoms with Gasteiger partial charge in [-0.1, -0.05) is 0 Å². The Morgan fingerprint density at radius 2 is 2.16 bits per heavy atom. The molecule has 0 saturated carbocycles. The predicted molar refractivity (Wildman–Crippen MR) is 68.5 cm³/mol. The minimum absolute atomic E-state index is 0.479. The number of hydrogen-bond donors (Lipinski definition) is 1. The first-order chi connectivity index (χ1) is 9.28. The van der Waals surface area contributed by atoms with Gasteiger partial charge in [-0.3, -0.25) is 4.68 Å². The molecule has 8 heteroatoms. The molecular formula is C11H13N7O. The van der Waals surface area contributed by atoms with E-state index in [1.54, 1.807) is 30.5 Å². The first-order valence-corrected chi connectivity index (χ1v) is 5.75. The normalized spacial score (nSPS) is 11.0. The molecule has 3 aromatic rings. The largest absolute Gasteiger partial charge is 0.479 e. The zero-order valence-electron chi connectivity index (χ0n) is 10.4. The van der Waals surface area contributed by atoms with Crippen LogP contribution in [-0.2, 0) is 13.1 Å². The Hall–Kier alpha value is -2.64. The Kier molecular flexibility index (Phi) is 2.75. The van der Waals surface area contributed by atoms with Crippen molar-refractivity contribution in [3.05, 3.63) is 25.0 Å². The smallest absolute Gasteiger partial charge is 0.245 e. The lowest BCUT2D eigenvalue weighted by atomic mass is 10.5. The van der Waals surface area contributed by atoms with Crippen LogP contribution in [0.15, 0.2) is 25.0 Å². The molecule has 0 radical (unpaired) electrons. The van der Waals surface area contributed by atoms with Crippen LogP contribution in [-0.4, -0.2) is 36.4 Å². The third-order valence-electron chi connectivity index (χ3n) is 2.78. The Labute approximate surface area is 108 Å². The van der Waals surface area contributed by atoms with Gasteiger partial charge in [0.05, 0.1) is 31.9 Å². The monoisotopic (exact) mass is 259 g/mol. The summed E-state index contributed by atoms with van der Waals surface area (Å²) < 4.78 is 8.85. The average molecular weight is 259 g/mol. The molecule has 0 aromatic carbocycles. The molecule has 2 N–H and O–H groups in total. The molecular weight excluding hydrogens is 246 g/mol. The summed E-state index contributed by atoms with van der Waals surface area (Å²) in [6.07, 6.45) is 6.59. The summed E-state index contributed by atoms with van der Waals surface area (Å²) in [6, 6.07) is 0. The van der Waals surface area contributed by atoms with Gasteiger partial charge in [0.15, 0.2) is 11.2 Å². The molecule has 0 aliphatic rings. The van der Waals surface area contributed by atoms with Crippen LogP contribution in [0, 0.1) is 0 Å². The summed E-state index contributed by atoms with van der Waals surface area (Å²) in [5, 5.41) is 4.13. The lowest BCUT2D eigenvalue weighted by Crippen LogP contribution is -2.07. The predicted octanol–water partition coefficient (Wildman–Crippen LogP) is 0.314. The number of imidazole rings is 1. The number of anilines is 1. The molecule has 0 aliphatic carbocycles. The van der Waals surface area contributed by atoms with E-state index in [9.17, 15) is 0 Å². The van der Waals surface area contributed by atoms with E-state index >= 15 is 0 Å². The zero-order chi connectivity index (χ0) is 13.2. The minimum atomic E-state index is 0.479. The molecule has 19 heavy (non-hydrogen) atoms. The molecule has 0 spiro atoms. The van der Waals surface area contributed by atoms with Crippen molar-refractivity contribution in [2.24, 2.45) is 0 Å². The molecule has 3 heterocycles. The van der Waals surface area contributed by atoms with E-state index in [0.29, 0.717) is 30.2 Å². The van der Waals surface area contributed by atoms with E-state index in [1.807, 2.05) is 4.57 Å².